The van der Waals surface area contributed by atoms with Crippen LogP contribution in [0, 0.1) is 0 Å². The molecule has 0 aliphatic carbocycles. The summed E-state index contributed by atoms with van der Waals surface area (Å²) in [6.07, 6.45) is 2.85. The number of hydrogen-bond acceptors (Lipinski definition) is 1. The van der Waals surface area contributed by atoms with Gasteiger partial charge in [0.15, 0.2) is 0 Å². The fourth-order valence-electron chi connectivity index (χ4n) is 1.76. The van der Waals surface area contributed by atoms with E-state index in [0.29, 0.717) is 0 Å². The van der Waals surface area contributed by atoms with Gasteiger partial charge in [-0.3, -0.25) is 0 Å². The van der Waals surface area contributed by atoms with Crippen molar-refractivity contribution in [3.8, 4) is 0 Å². The summed E-state index contributed by atoms with van der Waals surface area (Å²) in [7, 11) is 0. The summed E-state index contributed by atoms with van der Waals surface area (Å²) >= 11 is 0. The van der Waals surface area contributed by atoms with Crippen molar-refractivity contribution in [3.05, 3.63) is 35.4 Å². The average Bonchev–Trinajstić information content (AvgIpc) is 2.18. The molecule has 1 N–H and O–H groups in total. The van der Waals surface area contributed by atoms with Crippen LogP contribution in [0.3, 0.4) is 0 Å². The van der Waals surface area contributed by atoms with Gasteiger partial charge < -0.3 is 5.11 Å². The SMILES string of the molecule is CCCC(C)(O)c1cccc(CC)c1. The Morgan fingerprint density at radius 1 is 1.29 bits per heavy atom. The van der Waals surface area contributed by atoms with Gasteiger partial charge in [0.05, 0.1) is 5.60 Å². The van der Waals surface area contributed by atoms with Crippen LogP contribution in [0.25, 0.3) is 0 Å². The number of rotatable bonds is 4. The fourth-order valence-corrected chi connectivity index (χ4v) is 1.76. The molecule has 0 spiro atoms. The topological polar surface area (TPSA) is 20.2 Å². The van der Waals surface area contributed by atoms with Gasteiger partial charge in [0.25, 0.3) is 0 Å². The normalized spacial score (nSPS) is 15.1. The van der Waals surface area contributed by atoms with Crippen LogP contribution in [-0.4, -0.2) is 5.11 Å². The van der Waals surface area contributed by atoms with Crippen LogP contribution in [0.1, 0.15) is 44.7 Å². The van der Waals surface area contributed by atoms with E-state index >= 15 is 0 Å². The third-order valence-electron chi connectivity index (χ3n) is 2.69. The van der Waals surface area contributed by atoms with Crippen molar-refractivity contribution in [1.82, 2.24) is 0 Å². The summed E-state index contributed by atoms with van der Waals surface area (Å²) in [5.74, 6) is 0. The molecule has 0 aliphatic rings. The summed E-state index contributed by atoms with van der Waals surface area (Å²) in [6.45, 7) is 6.12. The highest BCUT2D eigenvalue weighted by Gasteiger charge is 2.21. The van der Waals surface area contributed by atoms with Crippen molar-refractivity contribution in [3.63, 3.8) is 0 Å². The minimum atomic E-state index is -0.667. The third kappa shape index (κ3) is 2.58. The molecule has 0 fully saturated rings. The van der Waals surface area contributed by atoms with Crippen molar-refractivity contribution >= 4 is 0 Å². The summed E-state index contributed by atoms with van der Waals surface area (Å²) in [5, 5.41) is 10.2. The Morgan fingerprint density at radius 2 is 2.00 bits per heavy atom. The standard InChI is InChI=1S/C13H20O/c1-4-9-13(3,14)12-8-6-7-11(5-2)10-12/h6-8,10,14H,4-5,9H2,1-3H3. The van der Waals surface area contributed by atoms with Crippen molar-refractivity contribution in [2.45, 2.75) is 45.6 Å². The maximum atomic E-state index is 10.2. The molecule has 1 aromatic rings. The Kier molecular flexibility index (Phi) is 3.70. The minimum absolute atomic E-state index is 0.667. The van der Waals surface area contributed by atoms with Crippen LogP contribution >= 0.6 is 0 Å². The first-order chi connectivity index (χ1) is 6.60. The van der Waals surface area contributed by atoms with Gasteiger partial charge >= 0.3 is 0 Å². The Balaban J connectivity index is 2.93. The van der Waals surface area contributed by atoms with Crippen molar-refractivity contribution < 1.29 is 5.11 Å². The smallest absolute Gasteiger partial charge is 0.0868 e. The van der Waals surface area contributed by atoms with Gasteiger partial charge in [0, 0.05) is 0 Å². The predicted octanol–water partition coefficient (Wildman–Crippen LogP) is 3.26. The van der Waals surface area contributed by atoms with E-state index in [1.165, 1.54) is 5.56 Å². The quantitative estimate of drug-likeness (QED) is 0.776. The van der Waals surface area contributed by atoms with Crippen LogP contribution < -0.4 is 0 Å². The molecule has 0 saturated carbocycles. The first-order valence-corrected chi connectivity index (χ1v) is 5.42. The number of hydrogen-bond donors (Lipinski definition) is 1. The summed E-state index contributed by atoms with van der Waals surface area (Å²) < 4.78 is 0. The van der Waals surface area contributed by atoms with E-state index in [2.05, 4.69) is 26.0 Å². The molecule has 0 bridgehead atoms. The Morgan fingerprint density at radius 3 is 2.57 bits per heavy atom. The molecule has 78 valence electrons. The van der Waals surface area contributed by atoms with Gasteiger partial charge in [0.2, 0.25) is 0 Å². The molecule has 1 unspecified atom stereocenters. The van der Waals surface area contributed by atoms with Crippen LogP contribution in [0.2, 0.25) is 0 Å². The summed E-state index contributed by atoms with van der Waals surface area (Å²) in [5.41, 5.74) is 1.66. The van der Waals surface area contributed by atoms with Crippen molar-refractivity contribution in [2.24, 2.45) is 0 Å². The Bertz CT molecular complexity index is 289. The van der Waals surface area contributed by atoms with E-state index in [1.54, 1.807) is 0 Å². The van der Waals surface area contributed by atoms with E-state index in [-0.39, 0.29) is 0 Å². The van der Waals surface area contributed by atoms with Crippen molar-refractivity contribution in [2.75, 3.05) is 0 Å². The highest BCUT2D eigenvalue weighted by Crippen LogP contribution is 2.26. The highest BCUT2D eigenvalue weighted by atomic mass is 16.3. The molecule has 0 aliphatic heterocycles. The molecule has 0 saturated heterocycles. The Hall–Kier alpha value is -0.820. The van der Waals surface area contributed by atoms with Gasteiger partial charge in [-0.1, -0.05) is 44.5 Å². The molecule has 1 heteroatoms. The molecule has 1 atom stereocenters. The van der Waals surface area contributed by atoms with Gasteiger partial charge in [-0.2, -0.15) is 0 Å². The zero-order chi connectivity index (χ0) is 10.6. The van der Waals surface area contributed by atoms with Crippen molar-refractivity contribution in [1.29, 1.82) is 0 Å². The molecule has 14 heavy (non-hydrogen) atoms. The van der Waals surface area contributed by atoms with Gasteiger partial charge in [-0.05, 0) is 30.9 Å². The molecular formula is C13H20O. The first-order valence-electron chi connectivity index (χ1n) is 5.42. The van der Waals surface area contributed by atoms with E-state index in [4.69, 9.17) is 0 Å². The third-order valence-corrected chi connectivity index (χ3v) is 2.69. The molecule has 0 amide bonds. The Labute approximate surface area is 86.8 Å². The minimum Gasteiger partial charge on any atom is -0.385 e. The second-order valence-corrected chi connectivity index (χ2v) is 4.08. The van der Waals surface area contributed by atoms with Crippen LogP contribution in [0.5, 0.6) is 0 Å². The first kappa shape index (κ1) is 11.3. The molecule has 0 radical (unpaired) electrons. The van der Waals surface area contributed by atoms with Crippen LogP contribution in [-0.2, 0) is 12.0 Å². The second-order valence-electron chi connectivity index (χ2n) is 4.08. The molecule has 0 aromatic heterocycles. The lowest BCUT2D eigenvalue weighted by molar-refractivity contribution is 0.0469. The number of benzene rings is 1. The average molecular weight is 192 g/mol. The van der Waals surface area contributed by atoms with E-state index in [0.717, 1.165) is 24.8 Å². The number of aliphatic hydroxyl groups is 1. The van der Waals surface area contributed by atoms with Crippen LogP contribution in [0.4, 0.5) is 0 Å². The lowest BCUT2D eigenvalue weighted by atomic mass is 9.90. The second kappa shape index (κ2) is 4.61. The van der Waals surface area contributed by atoms with E-state index < -0.39 is 5.60 Å². The lowest BCUT2D eigenvalue weighted by Crippen LogP contribution is -2.20. The highest BCUT2D eigenvalue weighted by molar-refractivity contribution is 5.27. The molecule has 1 nitrogen and oxygen atoms in total. The maximum Gasteiger partial charge on any atom is 0.0868 e. The zero-order valence-corrected chi connectivity index (χ0v) is 9.38. The van der Waals surface area contributed by atoms with E-state index in [9.17, 15) is 5.11 Å². The summed E-state index contributed by atoms with van der Waals surface area (Å²) in [4.78, 5) is 0. The molecule has 0 heterocycles. The fraction of sp³-hybridized carbons (Fsp3) is 0.538. The zero-order valence-electron chi connectivity index (χ0n) is 9.38. The molecule has 1 aromatic carbocycles. The predicted molar refractivity (Wildman–Crippen MR) is 60.3 cm³/mol. The molecular weight excluding hydrogens is 172 g/mol. The largest absolute Gasteiger partial charge is 0.385 e. The van der Waals surface area contributed by atoms with Crippen LogP contribution in [0.15, 0.2) is 24.3 Å². The van der Waals surface area contributed by atoms with Gasteiger partial charge in [-0.15, -0.1) is 0 Å². The van der Waals surface area contributed by atoms with E-state index in [1.807, 2.05) is 19.1 Å². The number of aryl methyl sites for hydroxylation is 1. The lowest BCUT2D eigenvalue weighted by Gasteiger charge is -2.23. The maximum absolute atomic E-state index is 10.2. The van der Waals surface area contributed by atoms with Gasteiger partial charge in [0.1, 0.15) is 0 Å². The monoisotopic (exact) mass is 192 g/mol. The molecule has 1 rings (SSSR count). The van der Waals surface area contributed by atoms with Gasteiger partial charge in [-0.25, -0.2) is 0 Å². The summed E-state index contributed by atoms with van der Waals surface area (Å²) in [6, 6.07) is 8.24.